The topological polar surface area (TPSA) is 70.7 Å². The first-order chi connectivity index (χ1) is 11.5. The molecule has 0 aliphatic heterocycles. The van der Waals surface area contributed by atoms with Crippen LogP contribution in [-0.2, 0) is 11.3 Å². The Hall–Kier alpha value is -1.48. The van der Waals surface area contributed by atoms with Crippen LogP contribution >= 0.6 is 11.8 Å². The first kappa shape index (κ1) is 18.9. The van der Waals surface area contributed by atoms with E-state index in [1.807, 2.05) is 6.92 Å². The normalized spacial score (nSPS) is 16.6. The van der Waals surface area contributed by atoms with Gasteiger partial charge in [0.15, 0.2) is 5.16 Å². The highest BCUT2D eigenvalue weighted by atomic mass is 32.2. The first-order valence-electron chi connectivity index (χ1n) is 8.90. The van der Waals surface area contributed by atoms with E-state index < -0.39 is 5.54 Å². The average molecular weight is 349 g/mol. The van der Waals surface area contributed by atoms with Crippen molar-refractivity contribution in [2.24, 2.45) is 0 Å². The number of hydrogen-bond donors (Lipinski definition) is 1. The summed E-state index contributed by atoms with van der Waals surface area (Å²) in [5, 5.41) is 13.4. The number of unbranched alkanes of at least 4 members (excludes halogenated alkanes) is 1. The number of thioether (sulfide) groups is 1. The smallest absolute Gasteiger partial charge is 0.231 e. The summed E-state index contributed by atoms with van der Waals surface area (Å²) in [4.78, 5) is 16.9. The second kappa shape index (κ2) is 8.57. The predicted octanol–water partition coefficient (Wildman–Crippen LogP) is 3.73. The van der Waals surface area contributed by atoms with Crippen molar-refractivity contribution in [3.63, 3.8) is 0 Å². The van der Waals surface area contributed by atoms with Crippen LogP contribution in [0.25, 0.3) is 0 Å². The summed E-state index contributed by atoms with van der Waals surface area (Å²) in [6.45, 7) is 7.20. The molecule has 1 amide bonds. The highest BCUT2D eigenvalue weighted by Gasteiger charge is 2.33. The number of carbonyl (C=O) groups is 1. The highest BCUT2D eigenvalue weighted by Crippen LogP contribution is 2.28. The SMILES string of the molecule is CCCCn1c(SCC(=O)NC2(C#N)CCCCC2)nc(C)c1C. The van der Waals surface area contributed by atoms with Crippen LogP contribution in [0, 0.1) is 25.2 Å². The minimum atomic E-state index is -0.653. The first-order valence-corrected chi connectivity index (χ1v) is 9.88. The predicted molar refractivity (Wildman–Crippen MR) is 96.9 cm³/mol. The Kier molecular flexibility index (Phi) is 6.73. The summed E-state index contributed by atoms with van der Waals surface area (Å²) < 4.78 is 2.21. The van der Waals surface area contributed by atoms with Gasteiger partial charge in [-0.15, -0.1) is 0 Å². The summed E-state index contributed by atoms with van der Waals surface area (Å²) in [5.41, 5.74) is 1.54. The molecule has 0 aromatic carbocycles. The summed E-state index contributed by atoms with van der Waals surface area (Å²) >= 11 is 1.47. The zero-order chi connectivity index (χ0) is 17.6. The molecule has 1 heterocycles. The van der Waals surface area contributed by atoms with Crippen molar-refractivity contribution in [3.8, 4) is 6.07 Å². The molecule has 1 N–H and O–H groups in total. The lowest BCUT2D eigenvalue weighted by Crippen LogP contribution is -2.49. The fraction of sp³-hybridized carbons (Fsp3) is 0.722. The monoisotopic (exact) mass is 348 g/mol. The molecule has 132 valence electrons. The van der Waals surface area contributed by atoms with Gasteiger partial charge >= 0.3 is 0 Å². The molecule has 1 aromatic heterocycles. The standard InChI is InChI=1S/C18H28N4OS/c1-4-5-11-22-15(3)14(2)20-17(22)24-12-16(23)21-18(13-19)9-7-6-8-10-18/h4-12H2,1-3H3,(H,21,23). The third kappa shape index (κ3) is 4.54. The minimum Gasteiger partial charge on any atom is -0.337 e. The summed E-state index contributed by atoms with van der Waals surface area (Å²) in [6.07, 6.45) is 6.95. The number of nitriles is 1. The van der Waals surface area contributed by atoms with E-state index in [1.165, 1.54) is 17.5 Å². The number of carbonyl (C=O) groups excluding carboxylic acids is 1. The molecule has 5 nitrogen and oxygen atoms in total. The van der Waals surface area contributed by atoms with Gasteiger partial charge in [-0.05, 0) is 33.1 Å². The molecule has 1 saturated carbocycles. The van der Waals surface area contributed by atoms with Gasteiger partial charge in [0.05, 0.1) is 17.5 Å². The number of nitrogens with zero attached hydrogens (tertiary/aromatic N) is 3. The fourth-order valence-corrected chi connectivity index (χ4v) is 4.08. The van der Waals surface area contributed by atoms with E-state index in [1.54, 1.807) is 0 Å². The number of rotatable bonds is 7. The van der Waals surface area contributed by atoms with Gasteiger partial charge in [0, 0.05) is 12.2 Å². The molecule has 0 saturated heterocycles. The van der Waals surface area contributed by atoms with E-state index in [9.17, 15) is 10.1 Å². The third-order valence-electron chi connectivity index (χ3n) is 4.79. The van der Waals surface area contributed by atoms with Gasteiger partial charge in [0.2, 0.25) is 5.91 Å². The van der Waals surface area contributed by atoms with Crippen LogP contribution in [0.3, 0.4) is 0 Å². The van der Waals surface area contributed by atoms with Crippen molar-refractivity contribution in [3.05, 3.63) is 11.4 Å². The molecule has 0 spiro atoms. The van der Waals surface area contributed by atoms with Crippen molar-refractivity contribution in [2.45, 2.75) is 83.0 Å². The number of aryl methyl sites for hydroxylation is 1. The Morgan fingerprint density at radius 2 is 2.08 bits per heavy atom. The minimum absolute atomic E-state index is 0.0659. The van der Waals surface area contributed by atoms with Gasteiger partial charge in [0.25, 0.3) is 0 Å². The maximum absolute atomic E-state index is 12.3. The largest absolute Gasteiger partial charge is 0.337 e. The zero-order valence-corrected chi connectivity index (χ0v) is 15.8. The average Bonchev–Trinajstić information content (AvgIpc) is 2.86. The highest BCUT2D eigenvalue weighted by molar-refractivity contribution is 7.99. The number of imidazole rings is 1. The van der Waals surface area contributed by atoms with Gasteiger partial charge < -0.3 is 9.88 Å². The number of nitrogens with one attached hydrogen (secondary N) is 1. The number of amides is 1. The summed E-state index contributed by atoms with van der Waals surface area (Å²) in [5.74, 6) is 0.245. The van der Waals surface area contributed by atoms with Crippen molar-refractivity contribution >= 4 is 17.7 Å². The van der Waals surface area contributed by atoms with Gasteiger partial charge in [0.1, 0.15) is 5.54 Å². The lowest BCUT2D eigenvalue weighted by Gasteiger charge is -2.31. The van der Waals surface area contributed by atoms with Crippen LogP contribution in [0.5, 0.6) is 0 Å². The van der Waals surface area contributed by atoms with Crippen molar-refractivity contribution in [1.82, 2.24) is 14.9 Å². The number of aromatic nitrogens is 2. The van der Waals surface area contributed by atoms with E-state index in [0.717, 1.165) is 62.3 Å². The summed E-state index contributed by atoms with van der Waals surface area (Å²) in [6, 6.07) is 2.34. The second-order valence-electron chi connectivity index (χ2n) is 6.66. The van der Waals surface area contributed by atoms with Crippen LogP contribution in [0.4, 0.5) is 0 Å². The van der Waals surface area contributed by atoms with Gasteiger partial charge in [-0.1, -0.05) is 44.4 Å². The Balaban J connectivity index is 1.96. The van der Waals surface area contributed by atoms with E-state index in [0.29, 0.717) is 5.75 Å². The third-order valence-corrected chi connectivity index (χ3v) is 5.77. The van der Waals surface area contributed by atoms with E-state index in [-0.39, 0.29) is 5.91 Å². The zero-order valence-electron chi connectivity index (χ0n) is 15.0. The van der Waals surface area contributed by atoms with Crippen molar-refractivity contribution in [1.29, 1.82) is 5.26 Å². The molecule has 1 aliphatic carbocycles. The van der Waals surface area contributed by atoms with Crippen LogP contribution < -0.4 is 5.32 Å². The van der Waals surface area contributed by atoms with E-state index in [4.69, 9.17) is 0 Å². The van der Waals surface area contributed by atoms with Crippen LogP contribution in [0.2, 0.25) is 0 Å². The molecule has 0 atom stereocenters. The molecular formula is C18H28N4OS. The van der Waals surface area contributed by atoms with Gasteiger partial charge in [-0.2, -0.15) is 5.26 Å². The molecule has 0 bridgehead atoms. The number of hydrogen-bond acceptors (Lipinski definition) is 4. The lowest BCUT2D eigenvalue weighted by atomic mass is 9.83. The quantitative estimate of drug-likeness (QED) is 0.762. The van der Waals surface area contributed by atoms with Crippen molar-refractivity contribution in [2.75, 3.05) is 5.75 Å². The molecule has 6 heteroatoms. The Morgan fingerprint density at radius 3 is 2.71 bits per heavy atom. The van der Waals surface area contributed by atoms with Crippen LogP contribution in [0.15, 0.2) is 5.16 Å². The fourth-order valence-electron chi connectivity index (χ4n) is 3.17. The molecule has 24 heavy (non-hydrogen) atoms. The molecule has 0 radical (unpaired) electrons. The Bertz CT molecular complexity index is 611. The van der Waals surface area contributed by atoms with Gasteiger partial charge in [-0.3, -0.25) is 4.79 Å². The lowest BCUT2D eigenvalue weighted by molar-refractivity contribution is -0.120. The van der Waals surface area contributed by atoms with Crippen LogP contribution in [-0.4, -0.2) is 26.8 Å². The molecule has 1 fully saturated rings. The molecule has 2 rings (SSSR count). The van der Waals surface area contributed by atoms with Gasteiger partial charge in [-0.25, -0.2) is 4.98 Å². The van der Waals surface area contributed by atoms with Crippen LogP contribution in [0.1, 0.15) is 63.3 Å². The maximum atomic E-state index is 12.3. The Labute approximate surface area is 149 Å². The van der Waals surface area contributed by atoms with Crippen molar-refractivity contribution < 1.29 is 4.79 Å². The molecular weight excluding hydrogens is 320 g/mol. The molecule has 0 unspecified atom stereocenters. The maximum Gasteiger partial charge on any atom is 0.231 e. The Morgan fingerprint density at radius 1 is 1.38 bits per heavy atom. The summed E-state index contributed by atoms with van der Waals surface area (Å²) in [7, 11) is 0. The van der Waals surface area contributed by atoms with E-state index in [2.05, 4.69) is 34.8 Å². The second-order valence-corrected chi connectivity index (χ2v) is 7.60. The molecule has 1 aliphatic rings. The van der Waals surface area contributed by atoms with E-state index >= 15 is 0 Å². The molecule has 1 aromatic rings.